The fraction of sp³-hybridized carbons (Fsp3) is 0.200. The van der Waals surface area contributed by atoms with E-state index in [9.17, 15) is 0 Å². The van der Waals surface area contributed by atoms with Gasteiger partial charge in [0.05, 0.1) is 12.8 Å². The minimum absolute atomic E-state index is 0.785. The van der Waals surface area contributed by atoms with Gasteiger partial charge in [0.25, 0.3) is 0 Å². The Labute approximate surface area is 116 Å². The van der Waals surface area contributed by atoms with Crippen molar-refractivity contribution in [2.24, 2.45) is 0 Å². The SMILES string of the molecule is COc1ccc(Br)cc1NCc1ccc(C)cc1. The van der Waals surface area contributed by atoms with Crippen LogP contribution in [-0.4, -0.2) is 7.11 Å². The highest BCUT2D eigenvalue weighted by Crippen LogP contribution is 2.28. The first-order valence-corrected chi connectivity index (χ1v) is 6.61. The number of hydrogen-bond acceptors (Lipinski definition) is 2. The second-order valence-corrected chi connectivity index (χ2v) is 5.10. The number of nitrogens with one attached hydrogen (secondary N) is 1. The van der Waals surface area contributed by atoms with E-state index in [0.717, 1.165) is 22.5 Å². The highest BCUT2D eigenvalue weighted by Gasteiger charge is 2.03. The van der Waals surface area contributed by atoms with E-state index < -0.39 is 0 Å². The van der Waals surface area contributed by atoms with Crippen molar-refractivity contribution in [2.45, 2.75) is 13.5 Å². The third kappa shape index (κ3) is 3.26. The minimum Gasteiger partial charge on any atom is -0.495 e. The van der Waals surface area contributed by atoms with Gasteiger partial charge in [-0.05, 0) is 30.7 Å². The number of anilines is 1. The summed E-state index contributed by atoms with van der Waals surface area (Å²) in [4.78, 5) is 0. The van der Waals surface area contributed by atoms with E-state index in [1.165, 1.54) is 11.1 Å². The molecule has 0 atom stereocenters. The van der Waals surface area contributed by atoms with E-state index >= 15 is 0 Å². The normalized spacial score (nSPS) is 10.2. The molecule has 18 heavy (non-hydrogen) atoms. The molecule has 0 fully saturated rings. The van der Waals surface area contributed by atoms with Gasteiger partial charge in [-0.15, -0.1) is 0 Å². The lowest BCUT2D eigenvalue weighted by molar-refractivity contribution is 0.416. The largest absolute Gasteiger partial charge is 0.495 e. The zero-order valence-corrected chi connectivity index (χ0v) is 12.1. The molecule has 0 bridgehead atoms. The number of hydrogen-bond donors (Lipinski definition) is 1. The van der Waals surface area contributed by atoms with E-state index in [4.69, 9.17) is 4.74 Å². The maximum atomic E-state index is 5.32. The summed E-state index contributed by atoms with van der Waals surface area (Å²) in [5, 5.41) is 3.39. The smallest absolute Gasteiger partial charge is 0.142 e. The first-order chi connectivity index (χ1) is 8.69. The lowest BCUT2D eigenvalue weighted by Gasteiger charge is -2.11. The molecular formula is C15H16BrNO. The van der Waals surface area contributed by atoms with Gasteiger partial charge in [-0.1, -0.05) is 45.8 Å². The van der Waals surface area contributed by atoms with E-state index in [1.54, 1.807) is 7.11 Å². The number of aryl methyl sites for hydroxylation is 1. The van der Waals surface area contributed by atoms with Crippen LogP contribution < -0.4 is 10.1 Å². The van der Waals surface area contributed by atoms with E-state index in [0.29, 0.717) is 0 Å². The quantitative estimate of drug-likeness (QED) is 0.905. The van der Waals surface area contributed by atoms with Gasteiger partial charge in [-0.3, -0.25) is 0 Å². The second kappa shape index (κ2) is 5.91. The molecule has 2 nitrogen and oxygen atoms in total. The maximum Gasteiger partial charge on any atom is 0.142 e. The Kier molecular flexibility index (Phi) is 4.26. The van der Waals surface area contributed by atoms with Crippen LogP contribution in [0.15, 0.2) is 46.9 Å². The number of methoxy groups -OCH3 is 1. The molecule has 1 N–H and O–H groups in total. The molecule has 0 aliphatic heterocycles. The lowest BCUT2D eigenvalue weighted by Crippen LogP contribution is -2.01. The van der Waals surface area contributed by atoms with E-state index in [-0.39, 0.29) is 0 Å². The summed E-state index contributed by atoms with van der Waals surface area (Å²) in [5.74, 6) is 0.852. The van der Waals surface area contributed by atoms with Gasteiger partial charge in [0.2, 0.25) is 0 Å². The van der Waals surface area contributed by atoms with Crippen molar-refractivity contribution in [2.75, 3.05) is 12.4 Å². The summed E-state index contributed by atoms with van der Waals surface area (Å²) >= 11 is 3.47. The molecule has 0 saturated heterocycles. The van der Waals surface area contributed by atoms with Crippen LogP contribution in [0.5, 0.6) is 5.75 Å². The van der Waals surface area contributed by atoms with E-state index in [2.05, 4.69) is 52.4 Å². The zero-order valence-electron chi connectivity index (χ0n) is 10.5. The van der Waals surface area contributed by atoms with Crippen molar-refractivity contribution in [1.29, 1.82) is 0 Å². The number of rotatable bonds is 4. The van der Waals surface area contributed by atoms with Crippen LogP contribution in [0.3, 0.4) is 0 Å². The molecule has 94 valence electrons. The van der Waals surface area contributed by atoms with Gasteiger partial charge in [0.1, 0.15) is 5.75 Å². The van der Waals surface area contributed by atoms with Crippen molar-refractivity contribution in [3.05, 3.63) is 58.1 Å². The molecular weight excluding hydrogens is 290 g/mol. The molecule has 2 rings (SSSR count). The van der Waals surface area contributed by atoms with Gasteiger partial charge >= 0.3 is 0 Å². The van der Waals surface area contributed by atoms with Crippen LogP contribution in [0.4, 0.5) is 5.69 Å². The number of halogens is 1. The van der Waals surface area contributed by atoms with Crippen molar-refractivity contribution < 1.29 is 4.74 Å². The van der Waals surface area contributed by atoms with Gasteiger partial charge in [-0.25, -0.2) is 0 Å². The Balaban J connectivity index is 2.09. The number of benzene rings is 2. The van der Waals surface area contributed by atoms with Crippen LogP contribution in [0.1, 0.15) is 11.1 Å². The maximum absolute atomic E-state index is 5.32. The van der Waals surface area contributed by atoms with Crippen LogP contribution >= 0.6 is 15.9 Å². The molecule has 0 spiro atoms. The molecule has 0 aromatic heterocycles. The van der Waals surface area contributed by atoms with E-state index in [1.807, 2.05) is 18.2 Å². The predicted molar refractivity (Wildman–Crippen MR) is 79.2 cm³/mol. The third-order valence-corrected chi connectivity index (χ3v) is 3.26. The van der Waals surface area contributed by atoms with Gasteiger partial charge in [-0.2, -0.15) is 0 Å². The van der Waals surface area contributed by atoms with Crippen LogP contribution in [0, 0.1) is 6.92 Å². The zero-order chi connectivity index (χ0) is 13.0. The van der Waals surface area contributed by atoms with Crippen molar-refractivity contribution in [1.82, 2.24) is 0 Å². The van der Waals surface area contributed by atoms with Crippen molar-refractivity contribution in [3.8, 4) is 5.75 Å². The van der Waals surface area contributed by atoms with Gasteiger partial charge in [0, 0.05) is 11.0 Å². The Morgan fingerprint density at radius 3 is 2.50 bits per heavy atom. The third-order valence-electron chi connectivity index (χ3n) is 2.77. The van der Waals surface area contributed by atoms with Gasteiger partial charge in [0.15, 0.2) is 0 Å². The molecule has 2 aromatic rings. The highest BCUT2D eigenvalue weighted by atomic mass is 79.9. The summed E-state index contributed by atoms with van der Waals surface area (Å²) in [7, 11) is 1.68. The van der Waals surface area contributed by atoms with Gasteiger partial charge < -0.3 is 10.1 Å². The van der Waals surface area contributed by atoms with Crippen LogP contribution in [0.2, 0.25) is 0 Å². The Morgan fingerprint density at radius 1 is 1.11 bits per heavy atom. The average Bonchev–Trinajstić information content (AvgIpc) is 2.38. The second-order valence-electron chi connectivity index (χ2n) is 4.18. The fourth-order valence-corrected chi connectivity index (χ4v) is 2.08. The molecule has 0 amide bonds. The summed E-state index contributed by atoms with van der Waals surface area (Å²) in [6, 6.07) is 14.4. The fourth-order valence-electron chi connectivity index (χ4n) is 1.72. The topological polar surface area (TPSA) is 21.3 Å². The molecule has 2 aromatic carbocycles. The van der Waals surface area contributed by atoms with Crippen molar-refractivity contribution >= 4 is 21.6 Å². The Morgan fingerprint density at radius 2 is 1.83 bits per heavy atom. The standard InChI is InChI=1S/C15H16BrNO/c1-11-3-5-12(6-4-11)10-17-14-9-13(16)7-8-15(14)18-2/h3-9,17H,10H2,1-2H3. The van der Waals surface area contributed by atoms with Crippen LogP contribution in [-0.2, 0) is 6.54 Å². The lowest BCUT2D eigenvalue weighted by atomic mass is 10.1. The molecule has 0 heterocycles. The molecule has 0 aliphatic carbocycles. The summed E-state index contributed by atoms with van der Waals surface area (Å²) < 4.78 is 6.36. The molecule has 0 radical (unpaired) electrons. The molecule has 0 aliphatic rings. The van der Waals surface area contributed by atoms with Crippen LogP contribution in [0.25, 0.3) is 0 Å². The molecule has 3 heteroatoms. The summed E-state index contributed by atoms with van der Waals surface area (Å²) in [6.45, 7) is 2.88. The summed E-state index contributed by atoms with van der Waals surface area (Å²) in [5.41, 5.74) is 3.52. The monoisotopic (exact) mass is 305 g/mol. The Bertz CT molecular complexity index is 523. The number of ether oxygens (including phenoxy) is 1. The first-order valence-electron chi connectivity index (χ1n) is 5.82. The molecule has 0 saturated carbocycles. The van der Waals surface area contributed by atoms with Crippen molar-refractivity contribution in [3.63, 3.8) is 0 Å². The first kappa shape index (κ1) is 13.0. The highest BCUT2D eigenvalue weighted by molar-refractivity contribution is 9.10. The summed E-state index contributed by atoms with van der Waals surface area (Å²) in [6.07, 6.45) is 0. The minimum atomic E-state index is 0.785. The molecule has 0 unspecified atom stereocenters. The Hall–Kier alpha value is -1.48. The predicted octanol–water partition coefficient (Wildman–Crippen LogP) is 4.38. The average molecular weight is 306 g/mol.